The molecule has 42 heavy (non-hydrogen) atoms. The van der Waals surface area contributed by atoms with Gasteiger partial charge in [-0.3, -0.25) is 4.79 Å². The van der Waals surface area contributed by atoms with Crippen molar-refractivity contribution in [2.75, 3.05) is 13.7 Å². The summed E-state index contributed by atoms with van der Waals surface area (Å²) in [7, 11) is 1.65. The number of aromatic nitrogens is 2. The molecule has 1 N–H and O–H groups in total. The lowest BCUT2D eigenvalue weighted by atomic mass is 10.0. The van der Waals surface area contributed by atoms with Crippen molar-refractivity contribution in [2.45, 2.75) is 39.3 Å². The number of nitrogens with zero attached hydrogens (tertiary/aromatic N) is 2. The third-order valence-electron chi connectivity index (χ3n) is 7.21. The Morgan fingerprint density at radius 1 is 0.929 bits per heavy atom. The van der Waals surface area contributed by atoms with Crippen molar-refractivity contribution in [1.29, 1.82) is 0 Å². The van der Waals surface area contributed by atoms with Crippen LogP contribution in [0.2, 0.25) is 0 Å². The summed E-state index contributed by atoms with van der Waals surface area (Å²) < 4.78 is 13.8. The summed E-state index contributed by atoms with van der Waals surface area (Å²) in [4.78, 5) is 17.9. The van der Waals surface area contributed by atoms with Crippen LogP contribution in [0.25, 0.3) is 28.2 Å². The van der Waals surface area contributed by atoms with Crippen molar-refractivity contribution < 1.29 is 14.3 Å². The molecule has 0 aliphatic carbocycles. The zero-order valence-corrected chi connectivity index (χ0v) is 24.4. The summed E-state index contributed by atoms with van der Waals surface area (Å²) in [6.07, 6.45) is 5.10. The molecule has 214 valence electrons. The van der Waals surface area contributed by atoms with Gasteiger partial charge >= 0.3 is 0 Å². The number of benzene rings is 4. The van der Waals surface area contributed by atoms with Crippen molar-refractivity contribution in [3.8, 4) is 22.6 Å². The maximum atomic E-state index is 13.0. The number of carbonyl (C=O) groups excluding carboxylic acids is 1. The van der Waals surface area contributed by atoms with Gasteiger partial charge in [0.25, 0.3) is 0 Å². The van der Waals surface area contributed by atoms with Crippen LogP contribution >= 0.6 is 0 Å². The monoisotopic (exact) mass is 559 g/mol. The number of hydrogen-bond donors (Lipinski definition) is 1. The number of para-hydroxylation sites is 2. The van der Waals surface area contributed by atoms with Gasteiger partial charge in [-0.25, -0.2) is 4.98 Å². The lowest BCUT2D eigenvalue weighted by Crippen LogP contribution is -2.30. The number of amides is 1. The first-order valence-electron chi connectivity index (χ1n) is 14.4. The molecule has 5 rings (SSSR count). The van der Waals surface area contributed by atoms with E-state index in [2.05, 4.69) is 40.2 Å². The van der Waals surface area contributed by atoms with E-state index in [4.69, 9.17) is 14.5 Å². The van der Waals surface area contributed by atoms with Crippen LogP contribution in [0.15, 0.2) is 103 Å². The Bertz CT molecular complexity index is 1660. The van der Waals surface area contributed by atoms with E-state index >= 15 is 0 Å². The quantitative estimate of drug-likeness (QED) is 0.160. The Balaban J connectivity index is 1.22. The van der Waals surface area contributed by atoms with Crippen molar-refractivity contribution in [3.05, 3.63) is 120 Å². The third kappa shape index (κ3) is 6.89. The average molecular weight is 560 g/mol. The number of fused-ring (bicyclic) bond motifs is 1. The molecule has 1 atom stereocenters. The molecule has 0 fully saturated rings. The van der Waals surface area contributed by atoms with E-state index in [0.717, 1.165) is 51.3 Å². The van der Waals surface area contributed by atoms with Gasteiger partial charge in [-0.05, 0) is 66.8 Å². The summed E-state index contributed by atoms with van der Waals surface area (Å²) in [5.74, 6) is 2.23. The highest BCUT2D eigenvalue weighted by Crippen LogP contribution is 2.29. The molecule has 0 saturated carbocycles. The first-order valence-corrected chi connectivity index (χ1v) is 14.4. The Morgan fingerprint density at radius 3 is 2.43 bits per heavy atom. The Kier molecular flexibility index (Phi) is 9.34. The van der Waals surface area contributed by atoms with Crippen LogP contribution in [-0.2, 0) is 17.8 Å². The number of ether oxygens (including phenoxy) is 2. The van der Waals surface area contributed by atoms with Crippen LogP contribution in [0.1, 0.15) is 43.3 Å². The Labute approximate surface area is 247 Å². The second-order valence-electron chi connectivity index (χ2n) is 10.3. The predicted octanol–water partition coefficient (Wildman–Crippen LogP) is 7.63. The molecule has 6 heteroatoms. The van der Waals surface area contributed by atoms with Gasteiger partial charge < -0.3 is 19.4 Å². The van der Waals surface area contributed by atoms with Gasteiger partial charge in [0.05, 0.1) is 37.2 Å². The number of rotatable bonds is 12. The predicted molar refractivity (Wildman–Crippen MR) is 170 cm³/mol. The van der Waals surface area contributed by atoms with E-state index in [0.29, 0.717) is 25.3 Å². The van der Waals surface area contributed by atoms with E-state index < -0.39 is 0 Å². The molecule has 0 radical (unpaired) electrons. The van der Waals surface area contributed by atoms with Gasteiger partial charge in [0.2, 0.25) is 5.91 Å². The number of hydrogen-bond acceptors (Lipinski definition) is 4. The van der Waals surface area contributed by atoms with Crippen LogP contribution < -0.4 is 14.8 Å². The van der Waals surface area contributed by atoms with Crippen molar-refractivity contribution in [1.82, 2.24) is 14.9 Å². The molecular formula is C36H37N3O3. The molecule has 0 saturated heterocycles. The summed E-state index contributed by atoms with van der Waals surface area (Å²) in [6, 6.07) is 32.1. The fourth-order valence-electron chi connectivity index (χ4n) is 5.15. The lowest BCUT2D eigenvalue weighted by molar-refractivity contribution is -0.121. The highest BCUT2D eigenvalue weighted by molar-refractivity contribution is 5.80. The van der Waals surface area contributed by atoms with Crippen molar-refractivity contribution in [2.24, 2.45) is 0 Å². The van der Waals surface area contributed by atoms with Gasteiger partial charge in [0, 0.05) is 6.54 Å². The van der Waals surface area contributed by atoms with Gasteiger partial charge in [-0.15, -0.1) is 0 Å². The summed E-state index contributed by atoms with van der Waals surface area (Å²) in [6.45, 7) is 5.20. The van der Waals surface area contributed by atoms with E-state index in [9.17, 15) is 4.79 Å². The van der Waals surface area contributed by atoms with Crippen molar-refractivity contribution in [3.63, 3.8) is 0 Å². The number of imidazole rings is 1. The van der Waals surface area contributed by atoms with E-state index in [1.165, 1.54) is 0 Å². The highest BCUT2D eigenvalue weighted by Gasteiger charge is 2.19. The fourth-order valence-corrected chi connectivity index (χ4v) is 5.15. The number of carbonyl (C=O) groups is 1. The van der Waals surface area contributed by atoms with E-state index in [1.54, 1.807) is 7.11 Å². The van der Waals surface area contributed by atoms with Crippen LogP contribution in [0, 0.1) is 0 Å². The number of methoxy groups -OCH3 is 1. The van der Waals surface area contributed by atoms with Gasteiger partial charge in [-0.2, -0.15) is 0 Å². The molecule has 0 aliphatic rings. The number of nitrogens with one attached hydrogen (secondary N) is 1. The maximum Gasteiger partial charge on any atom is 0.224 e. The Morgan fingerprint density at radius 2 is 1.67 bits per heavy atom. The minimum absolute atomic E-state index is 0.0367. The number of allylic oxidation sites excluding steroid dienone is 1. The molecule has 5 aromatic rings. The van der Waals surface area contributed by atoms with Crippen LogP contribution in [-0.4, -0.2) is 29.2 Å². The molecule has 4 aromatic carbocycles. The normalized spacial score (nSPS) is 12.0. The molecule has 1 heterocycles. The molecule has 1 amide bonds. The minimum Gasteiger partial charge on any atom is -0.493 e. The third-order valence-corrected chi connectivity index (χ3v) is 7.21. The van der Waals surface area contributed by atoms with E-state index in [1.807, 2.05) is 92.7 Å². The Hall–Kier alpha value is -4.84. The van der Waals surface area contributed by atoms with Gasteiger partial charge in [0.1, 0.15) is 5.82 Å². The maximum absolute atomic E-state index is 13.0. The smallest absolute Gasteiger partial charge is 0.224 e. The molecule has 1 aromatic heterocycles. The largest absolute Gasteiger partial charge is 0.493 e. The minimum atomic E-state index is -0.256. The molecular weight excluding hydrogens is 522 g/mol. The molecule has 6 nitrogen and oxygen atoms in total. The molecule has 1 unspecified atom stereocenters. The summed E-state index contributed by atoms with van der Waals surface area (Å²) in [5.41, 5.74) is 6.28. The number of aryl methyl sites for hydroxylation is 1. The second-order valence-corrected chi connectivity index (χ2v) is 10.3. The van der Waals surface area contributed by atoms with Gasteiger partial charge in [0.15, 0.2) is 11.5 Å². The van der Waals surface area contributed by atoms with Gasteiger partial charge in [-0.1, -0.05) is 84.9 Å². The topological polar surface area (TPSA) is 65.4 Å². The molecule has 0 aliphatic heterocycles. The summed E-state index contributed by atoms with van der Waals surface area (Å²) >= 11 is 0. The van der Waals surface area contributed by atoms with Crippen LogP contribution in [0.4, 0.5) is 0 Å². The lowest BCUT2D eigenvalue weighted by Gasteiger charge is -2.17. The van der Waals surface area contributed by atoms with Crippen LogP contribution in [0.5, 0.6) is 11.5 Å². The average Bonchev–Trinajstić information content (AvgIpc) is 3.39. The molecule has 0 spiro atoms. The fraction of sp³-hybridized carbons (Fsp3) is 0.222. The van der Waals surface area contributed by atoms with Crippen molar-refractivity contribution >= 4 is 23.0 Å². The second kappa shape index (κ2) is 13.7. The van der Waals surface area contributed by atoms with E-state index in [-0.39, 0.29) is 11.9 Å². The van der Waals surface area contributed by atoms with Crippen LogP contribution in [0.3, 0.4) is 0 Å². The zero-order chi connectivity index (χ0) is 29.3. The summed E-state index contributed by atoms with van der Waals surface area (Å²) in [5, 5.41) is 3.16. The standard InChI is InChI=1S/C36H37N3O3/c1-4-11-27-18-21-33(34(24-27)41-3)42-23-10-22-39-32-15-9-8-14-31(32)38-36(39)26(2)37-35(40)25-28-16-19-30(20-17-28)29-12-6-5-7-13-29/h4-9,11-21,24,26H,10,22-23,25H2,1-3H3,(H,37,40)/b11-4+. The SMILES string of the molecule is C/C=C/c1ccc(OCCCn2c(C(C)NC(=O)Cc3ccc(-c4ccccc4)cc3)nc3ccccc32)c(OC)c1. The first kappa shape index (κ1) is 28.7. The zero-order valence-electron chi connectivity index (χ0n) is 24.4. The molecule has 0 bridgehead atoms. The highest BCUT2D eigenvalue weighted by atomic mass is 16.5. The first-order chi connectivity index (χ1) is 20.6.